The van der Waals surface area contributed by atoms with Crippen LogP contribution in [-0.4, -0.2) is 41.1 Å². The van der Waals surface area contributed by atoms with Gasteiger partial charge in [0.1, 0.15) is 18.1 Å². The predicted octanol–water partition coefficient (Wildman–Crippen LogP) is 4.90. The number of para-hydroxylation sites is 1. The SMILES string of the molecule is COc1ccc(S(=O)(=O)N(CC(=O)NC(C)c2ccc(N3CCCCC3)cc2)c2ccccc2F)cc1. The molecule has 0 radical (unpaired) electrons. The number of ether oxygens (including phenoxy) is 1. The van der Waals surface area contributed by atoms with Gasteiger partial charge in [0.25, 0.3) is 10.0 Å². The molecule has 1 fully saturated rings. The van der Waals surface area contributed by atoms with Crippen molar-refractivity contribution in [2.75, 3.05) is 35.9 Å². The Morgan fingerprint density at radius 1 is 1.00 bits per heavy atom. The molecule has 9 heteroatoms. The number of benzene rings is 3. The summed E-state index contributed by atoms with van der Waals surface area (Å²) in [5.41, 5.74) is 1.84. The van der Waals surface area contributed by atoms with E-state index in [0.717, 1.165) is 34.7 Å². The zero-order valence-corrected chi connectivity index (χ0v) is 21.9. The maximum atomic E-state index is 14.7. The smallest absolute Gasteiger partial charge is 0.264 e. The molecule has 1 saturated heterocycles. The Morgan fingerprint density at radius 2 is 1.65 bits per heavy atom. The molecule has 1 unspecified atom stereocenters. The van der Waals surface area contributed by atoms with E-state index in [2.05, 4.69) is 10.2 Å². The van der Waals surface area contributed by atoms with Gasteiger partial charge < -0.3 is 15.0 Å². The number of anilines is 2. The normalized spacial score (nSPS) is 14.6. The summed E-state index contributed by atoms with van der Waals surface area (Å²) >= 11 is 0. The first-order valence-corrected chi connectivity index (χ1v) is 13.8. The van der Waals surface area contributed by atoms with Gasteiger partial charge in [-0.1, -0.05) is 24.3 Å². The number of halogens is 1. The zero-order chi connectivity index (χ0) is 26.4. The summed E-state index contributed by atoms with van der Waals surface area (Å²) in [5.74, 6) is -0.809. The molecule has 1 aliphatic heterocycles. The van der Waals surface area contributed by atoms with E-state index in [9.17, 15) is 17.6 Å². The molecule has 0 bridgehead atoms. The molecule has 0 saturated carbocycles. The topological polar surface area (TPSA) is 79.0 Å². The number of hydrogen-bond acceptors (Lipinski definition) is 5. The monoisotopic (exact) mass is 525 g/mol. The Morgan fingerprint density at radius 3 is 2.27 bits per heavy atom. The quantitative estimate of drug-likeness (QED) is 0.430. The molecule has 1 aliphatic rings. The largest absolute Gasteiger partial charge is 0.497 e. The predicted molar refractivity (Wildman–Crippen MR) is 143 cm³/mol. The van der Waals surface area contributed by atoms with E-state index in [0.29, 0.717) is 5.75 Å². The molecule has 4 rings (SSSR count). The van der Waals surface area contributed by atoms with E-state index < -0.39 is 28.3 Å². The van der Waals surface area contributed by atoms with Crippen molar-refractivity contribution in [3.05, 3.63) is 84.2 Å². The molecular weight excluding hydrogens is 493 g/mol. The van der Waals surface area contributed by atoms with Crippen LogP contribution in [0.2, 0.25) is 0 Å². The van der Waals surface area contributed by atoms with Gasteiger partial charge >= 0.3 is 0 Å². The van der Waals surface area contributed by atoms with Crippen molar-refractivity contribution in [3.8, 4) is 5.75 Å². The van der Waals surface area contributed by atoms with E-state index >= 15 is 0 Å². The van der Waals surface area contributed by atoms with Gasteiger partial charge in [0, 0.05) is 18.8 Å². The minimum absolute atomic E-state index is 0.0781. The summed E-state index contributed by atoms with van der Waals surface area (Å²) in [4.78, 5) is 15.3. The number of nitrogens with zero attached hydrogens (tertiary/aromatic N) is 2. The van der Waals surface area contributed by atoms with Gasteiger partial charge in [0.05, 0.1) is 23.7 Å². The first kappa shape index (κ1) is 26.5. The molecule has 3 aromatic carbocycles. The first-order chi connectivity index (χ1) is 17.8. The van der Waals surface area contributed by atoms with E-state index in [4.69, 9.17) is 4.74 Å². The van der Waals surface area contributed by atoms with Gasteiger partial charge in [-0.15, -0.1) is 0 Å². The fourth-order valence-corrected chi connectivity index (χ4v) is 5.88. The highest BCUT2D eigenvalue weighted by atomic mass is 32.2. The molecule has 1 N–H and O–H groups in total. The average Bonchev–Trinajstić information content (AvgIpc) is 2.92. The molecule has 0 aliphatic carbocycles. The van der Waals surface area contributed by atoms with Crippen molar-refractivity contribution in [2.24, 2.45) is 0 Å². The standard InChI is InChI=1S/C28H32FN3O4S/c1-21(22-10-12-23(13-11-22)31-18-6-3-7-19-31)30-28(33)20-32(27-9-5-4-8-26(27)29)37(34,35)25-16-14-24(36-2)15-17-25/h4-5,8-17,21H,3,6-7,18-20H2,1-2H3,(H,30,33). The number of piperidine rings is 1. The van der Waals surface area contributed by atoms with Gasteiger partial charge in [-0.3, -0.25) is 9.10 Å². The average molecular weight is 526 g/mol. The van der Waals surface area contributed by atoms with Crippen LogP contribution in [-0.2, 0) is 14.8 Å². The van der Waals surface area contributed by atoms with E-state index in [1.165, 1.54) is 68.8 Å². The van der Waals surface area contributed by atoms with Crippen LogP contribution in [0.1, 0.15) is 37.8 Å². The van der Waals surface area contributed by atoms with E-state index in [-0.39, 0.29) is 16.6 Å². The van der Waals surface area contributed by atoms with Crippen LogP contribution in [0.3, 0.4) is 0 Å². The molecule has 0 aromatic heterocycles. The Balaban J connectivity index is 1.52. The minimum atomic E-state index is -4.24. The highest BCUT2D eigenvalue weighted by molar-refractivity contribution is 7.92. The third kappa shape index (κ3) is 6.22. The summed E-state index contributed by atoms with van der Waals surface area (Å²) in [6, 6.07) is 18.9. The maximum Gasteiger partial charge on any atom is 0.264 e. The number of nitrogens with one attached hydrogen (secondary N) is 1. The summed E-state index contributed by atoms with van der Waals surface area (Å²) in [6.45, 7) is 3.34. The number of carbonyl (C=O) groups excluding carboxylic acids is 1. The highest BCUT2D eigenvalue weighted by Crippen LogP contribution is 2.28. The van der Waals surface area contributed by atoms with Gasteiger partial charge in [0.15, 0.2) is 0 Å². The number of carbonyl (C=O) groups is 1. The van der Waals surface area contributed by atoms with Crippen molar-refractivity contribution in [3.63, 3.8) is 0 Å². The van der Waals surface area contributed by atoms with Crippen molar-refractivity contribution in [1.29, 1.82) is 0 Å². The Labute approximate surface area is 217 Å². The molecule has 7 nitrogen and oxygen atoms in total. The Bertz CT molecular complexity index is 1310. The summed E-state index contributed by atoms with van der Waals surface area (Å²) in [7, 11) is -2.77. The second kappa shape index (κ2) is 11.6. The molecule has 1 amide bonds. The van der Waals surface area contributed by atoms with Crippen molar-refractivity contribution in [2.45, 2.75) is 37.1 Å². The van der Waals surface area contributed by atoms with Crippen LogP contribution in [0.25, 0.3) is 0 Å². The van der Waals surface area contributed by atoms with Crippen LogP contribution >= 0.6 is 0 Å². The number of rotatable bonds is 9. The lowest BCUT2D eigenvalue weighted by Gasteiger charge is -2.29. The summed E-state index contributed by atoms with van der Waals surface area (Å²) in [6.07, 6.45) is 3.63. The fraction of sp³-hybridized carbons (Fsp3) is 0.321. The van der Waals surface area contributed by atoms with Gasteiger partial charge in [-0.05, 0) is 80.3 Å². The number of amides is 1. The summed E-state index contributed by atoms with van der Waals surface area (Å²) < 4.78 is 47.6. The molecular formula is C28H32FN3O4S. The van der Waals surface area contributed by atoms with Gasteiger partial charge in [0.2, 0.25) is 5.91 Å². The van der Waals surface area contributed by atoms with Crippen LogP contribution in [0.5, 0.6) is 5.75 Å². The second-order valence-corrected chi connectivity index (χ2v) is 10.9. The molecule has 3 aromatic rings. The lowest BCUT2D eigenvalue weighted by atomic mass is 10.1. The van der Waals surface area contributed by atoms with Gasteiger partial charge in [-0.2, -0.15) is 0 Å². The molecule has 37 heavy (non-hydrogen) atoms. The van der Waals surface area contributed by atoms with E-state index in [1.54, 1.807) is 0 Å². The van der Waals surface area contributed by atoms with Crippen LogP contribution in [0.4, 0.5) is 15.8 Å². The molecule has 196 valence electrons. The number of methoxy groups -OCH3 is 1. The number of sulfonamides is 1. The third-order valence-corrected chi connectivity index (χ3v) is 8.32. The fourth-order valence-electron chi connectivity index (χ4n) is 4.46. The Kier molecular flexibility index (Phi) is 8.33. The number of hydrogen-bond donors (Lipinski definition) is 1. The zero-order valence-electron chi connectivity index (χ0n) is 21.1. The Hall–Kier alpha value is -3.59. The minimum Gasteiger partial charge on any atom is -0.497 e. The molecule has 1 heterocycles. The van der Waals surface area contributed by atoms with Crippen LogP contribution < -0.4 is 19.3 Å². The van der Waals surface area contributed by atoms with Crippen molar-refractivity contribution in [1.82, 2.24) is 5.32 Å². The molecule has 0 spiro atoms. The van der Waals surface area contributed by atoms with Crippen LogP contribution in [0, 0.1) is 5.82 Å². The maximum absolute atomic E-state index is 14.7. The highest BCUT2D eigenvalue weighted by Gasteiger charge is 2.29. The lowest BCUT2D eigenvalue weighted by molar-refractivity contribution is -0.120. The first-order valence-electron chi connectivity index (χ1n) is 12.3. The van der Waals surface area contributed by atoms with Crippen molar-refractivity contribution >= 4 is 27.3 Å². The third-order valence-electron chi connectivity index (χ3n) is 6.55. The van der Waals surface area contributed by atoms with Gasteiger partial charge in [-0.25, -0.2) is 12.8 Å². The second-order valence-electron chi connectivity index (χ2n) is 9.07. The summed E-state index contributed by atoms with van der Waals surface area (Å²) in [5, 5.41) is 2.86. The van der Waals surface area contributed by atoms with Crippen molar-refractivity contribution < 1.29 is 22.3 Å². The van der Waals surface area contributed by atoms with Crippen LogP contribution in [0.15, 0.2) is 77.7 Å². The molecule has 1 atom stereocenters. The lowest BCUT2D eigenvalue weighted by Crippen LogP contribution is -2.42. The van der Waals surface area contributed by atoms with E-state index in [1.807, 2.05) is 31.2 Å².